The third-order valence-corrected chi connectivity index (χ3v) is 3.97. The molecule has 1 aliphatic heterocycles. The van der Waals surface area contributed by atoms with Crippen LogP contribution in [0.3, 0.4) is 0 Å². The number of fused-ring (bicyclic) bond motifs is 1. The number of hydrogen-bond donors (Lipinski definition) is 1. The van der Waals surface area contributed by atoms with Gasteiger partial charge in [0.05, 0.1) is 10.7 Å². The van der Waals surface area contributed by atoms with Crippen LogP contribution in [0.5, 0.6) is 0 Å². The largest absolute Gasteiger partial charge is 0.373 e. The summed E-state index contributed by atoms with van der Waals surface area (Å²) in [5.41, 5.74) is 3.06. The number of anilines is 1. The van der Waals surface area contributed by atoms with Gasteiger partial charge in [0.2, 0.25) is 0 Å². The summed E-state index contributed by atoms with van der Waals surface area (Å²) in [4.78, 5) is 13.4. The van der Waals surface area contributed by atoms with Crippen molar-refractivity contribution in [1.29, 1.82) is 0 Å². The second kappa shape index (κ2) is 4.74. The molecule has 18 heavy (non-hydrogen) atoms. The van der Waals surface area contributed by atoms with Gasteiger partial charge in [-0.25, -0.2) is 9.97 Å². The molecule has 3 rings (SSSR count). The minimum atomic E-state index is 0.615. The molecular weight excluding hydrogens is 268 g/mol. The van der Waals surface area contributed by atoms with E-state index in [0.29, 0.717) is 10.8 Å². The van der Waals surface area contributed by atoms with Crippen LogP contribution in [0.15, 0.2) is 18.3 Å². The molecule has 2 aromatic rings. The van der Waals surface area contributed by atoms with E-state index in [1.807, 2.05) is 24.9 Å². The van der Waals surface area contributed by atoms with Gasteiger partial charge in [0.1, 0.15) is 11.5 Å². The highest BCUT2D eigenvalue weighted by Crippen LogP contribution is 2.33. The number of thioether (sulfide) groups is 1. The Labute approximate surface area is 114 Å². The van der Waals surface area contributed by atoms with E-state index in [1.54, 1.807) is 12.3 Å². The lowest BCUT2D eigenvalue weighted by molar-refractivity contribution is 1.06. The molecule has 0 spiro atoms. The quantitative estimate of drug-likeness (QED) is 0.915. The third-order valence-electron chi connectivity index (χ3n) is 2.77. The van der Waals surface area contributed by atoms with Gasteiger partial charge in [-0.3, -0.25) is 4.98 Å². The fourth-order valence-corrected chi connectivity index (χ4v) is 3.03. The number of rotatable bonds is 2. The third kappa shape index (κ3) is 2.04. The summed E-state index contributed by atoms with van der Waals surface area (Å²) in [5, 5.41) is 3.75. The van der Waals surface area contributed by atoms with E-state index >= 15 is 0 Å². The first-order valence-corrected chi connectivity index (χ1v) is 7.08. The van der Waals surface area contributed by atoms with Crippen molar-refractivity contribution < 1.29 is 0 Å². The molecule has 1 aliphatic rings. The average molecular weight is 279 g/mol. The molecule has 0 saturated carbocycles. The van der Waals surface area contributed by atoms with Gasteiger partial charge in [0, 0.05) is 30.3 Å². The zero-order chi connectivity index (χ0) is 12.5. The molecule has 3 heterocycles. The standard InChI is InChI=1S/C12H11ClN4S/c1-14-11-8-5-18-6-10(8)16-12(17-11)9-3-2-7(13)4-15-9/h2-4H,5-6H2,1H3,(H,14,16,17). The van der Waals surface area contributed by atoms with Crippen LogP contribution in [-0.4, -0.2) is 22.0 Å². The Bertz CT molecular complexity index is 585. The van der Waals surface area contributed by atoms with Gasteiger partial charge in [0.25, 0.3) is 0 Å². The molecule has 0 aliphatic carbocycles. The molecule has 6 heteroatoms. The van der Waals surface area contributed by atoms with Gasteiger partial charge in [0.15, 0.2) is 5.82 Å². The van der Waals surface area contributed by atoms with E-state index in [1.165, 1.54) is 5.56 Å². The number of aromatic nitrogens is 3. The van der Waals surface area contributed by atoms with Crippen LogP contribution in [0.2, 0.25) is 5.02 Å². The number of pyridine rings is 1. The Hall–Kier alpha value is -1.33. The molecule has 1 N–H and O–H groups in total. The van der Waals surface area contributed by atoms with Crippen LogP contribution in [0, 0.1) is 0 Å². The Balaban J connectivity index is 2.10. The predicted molar refractivity (Wildman–Crippen MR) is 74.8 cm³/mol. The molecule has 2 aromatic heterocycles. The number of nitrogens with zero attached hydrogens (tertiary/aromatic N) is 3. The Morgan fingerprint density at radius 1 is 1.28 bits per heavy atom. The highest BCUT2D eigenvalue weighted by molar-refractivity contribution is 7.98. The van der Waals surface area contributed by atoms with Crippen LogP contribution < -0.4 is 5.32 Å². The first-order chi connectivity index (χ1) is 8.78. The summed E-state index contributed by atoms with van der Waals surface area (Å²) < 4.78 is 0. The highest BCUT2D eigenvalue weighted by Gasteiger charge is 2.19. The molecule has 0 fully saturated rings. The van der Waals surface area contributed by atoms with Gasteiger partial charge < -0.3 is 5.32 Å². The van der Waals surface area contributed by atoms with Gasteiger partial charge in [-0.15, -0.1) is 0 Å². The Kier molecular flexibility index (Phi) is 3.09. The highest BCUT2D eigenvalue weighted by atomic mass is 35.5. The summed E-state index contributed by atoms with van der Waals surface area (Å²) in [6.07, 6.45) is 1.61. The molecule has 0 aromatic carbocycles. The van der Waals surface area contributed by atoms with Crippen molar-refractivity contribution in [2.75, 3.05) is 12.4 Å². The van der Waals surface area contributed by atoms with Crippen molar-refractivity contribution in [2.24, 2.45) is 0 Å². The van der Waals surface area contributed by atoms with Crippen LogP contribution in [-0.2, 0) is 11.5 Å². The number of hydrogen-bond acceptors (Lipinski definition) is 5. The fraction of sp³-hybridized carbons (Fsp3) is 0.250. The van der Waals surface area contributed by atoms with Gasteiger partial charge in [-0.1, -0.05) is 11.6 Å². The summed E-state index contributed by atoms with van der Waals surface area (Å²) in [7, 11) is 1.88. The van der Waals surface area contributed by atoms with E-state index in [-0.39, 0.29) is 0 Å². The normalized spacial score (nSPS) is 13.4. The number of nitrogens with one attached hydrogen (secondary N) is 1. The van der Waals surface area contributed by atoms with Gasteiger partial charge in [-0.05, 0) is 12.1 Å². The molecule has 0 radical (unpaired) electrons. The number of halogens is 1. The van der Waals surface area contributed by atoms with Crippen LogP contribution in [0.1, 0.15) is 11.3 Å². The van der Waals surface area contributed by atoms with Crippen LogP contribution in [0.25, 0.3) is 11.5 Å². The van der Waals surface area contributed by atoms with E-state index < -0.39 is 0 Å². The lowest BCUT2D eigenvalue weighted by atomic mass is 10.2. The summed E-state index contributed by atoms with van der Waals surface area (Å²) in [6, 6.07) is 3.64. The van der Waals surface area contributed by atoms with Crippen molar-refractivity contribution in [3.63, 3.8) is 0 Å². The first kappa shape index (κ1) is 11.7. The van der Waals surface area contributed by atoms with Crippen molar-refractivity contribution in [3.05, 3.63) is 34.6 Å². The van der Waals surface area contributed by atoms with E-state index in [2.05, 4.69) is 20.3 Å². The topological polar surface area (TPSA) is 50.7 Å². The minimum Gasteiger partial charge on any atom is -0.373 e. The second-order valence-electron chi connectivity index (χ2n) is 3.93. The maximum Gasteiger partial charge on any atom is 0.180 e. The lowest BCUT2D eigenvalue weighted by Gasteiger charge is -2.08. The Morgan fingerprint density at radius 2 is 2.17 bits per heavy atom. The smallest absolute Gasteiger partial charge is 0.180 e. The van der Waals surface area contributed by atoms with Crippen molar-refractivity contribution in [1.82, 2.24) is 15.0 Å². The maximum atomic E-state index is 5.83. The zero-order valence-electron chi connectivity index (χ0n) is 9.77. The van der Waals surface area contributed by atoms with E-state index in [9.17, 15) is 0 Å². The molecule has 0 atom stereocenters. The molecule has 0 bridgehead atoms. The van der Waals surface area contributed by atoms with Crippen molar-refractivity contribution >= 4 is 29.2 Å². The monoisotopic (exact) mass is 278 g/mol. The summed E-state index contributed by atoms with van der Waals surface area (Å²) >= 11 is 7.69. The van der Waals surface area contributed by atoms with Gasteiger partial charge >= 0.3 is 0 Å². The average Bonchev–Trinajstić information content (AvgIpc) is 2.86. The molecular formula is C12H11ClN4S. The van der Waals surface area contributed by atoms with Crippen LogP contribution in [0.4, 0.5) is 5.82 Å². The minimum absolute atomic E-state index is 0.615. The summed E-state index contributed by atoms with van der Waals surface area (Å²) in [6.45, 7) is 0. The SMILES string of the molecule is CNc1nc(-c2ccc(Cl)cn2)nc2c1CSC2. The molecule has 0 saturated heterocycles. The molecule has 92 valence electrons. The van der Waals surface area contributed by atoms with Crippen molar-refractivity contribution in [3.8, 4) is 11.5 Å². The Morgan fingerprint density at radius 3 is 2.89 bits per heavy atom. The lowest BCUT2D eigenvalue weighted by Crippen LogP contribution is -2.03. The second-order valence-corrected chi connectivity index (χ2v) is 5.35. The molecule has 0 unspecified atom stereocenters. The van der Waals surface area contributed by atoms with E-state index in [0.717, 1.165) is 28.7 Å². The first-order valence-electron chi connectivity index (χ1n) is 5.55. The fourth-order valence-electron chi connectivity index (χ4n) is 1.88. The predicted octanol–water partition coefficient (Wildman–Crippen LogP) is 2.98. The van der Waals surface area contributed by atoms with Gasteiger partial charge in [-0.2, -0.15) is 11.8 Å². The zero-order valence-corrected chi connectivity index (χ0v) is 11.3. The molecule has 4 nitrogen and oxygen atoms in total. The maximum absolute atomic E-state index is 5.83. The molecule has 0 amide bonds. The van der Waals surface area contributed by atoms with E-state index in [4.69, 9.17) is 11.6 Å². The van der Waals surface area contributed by atoms with Crippen molar-refractivity contribution in [2.45, 2.75) is 11.5 Å². The summed E-state index contributed by atoms with van der Waals surface area (Å²) in [5.74, 6) is 3.46. The van der Waals surface area contributed by atoms with Crippen LogP contribution >= 0.6 is 23.4 Å².